The lowest BCUT2D eigenvalue weighted by molar-refractivity contribution is 0.111. The third-order valence-corrected chi connectivity index (χ3v) is 1.77. The van der Waals surface area contributed by atoms with Gasteiger partial charge in [0, 0.05) is 0 Å². The molecule has 1 aliphatic heterocycles. The van der Waals surface area contributed by atoms with Gasteiger partial charge < -0.3 is 10.1 Å². The van der Waals surface area contributed by atoms with Gasteiger partial charge in [-0.2, -0.15) is 0 Å². The lowest BCUT2D eigenvalue weighted by atomic mass is 10.3. The average molecular weight is 190 g/mol. The number of ether oxygens (including phenoxy) is 1. The van der Waals surface area contributed by atoms with Gasteiger partial charge in [0.15, 0.2) is 17.9 Å². The van der Waals surface area contributed by atoms with Crippen molar-refractivity contribution in [3.8, 4) is 5.75 Å². The van der Waals surface area contributed by atoms with Gasteiger partial charge >= 0.3 is 0 Å². The summed E-state index contributed by atoms with van der Waals surface area (Å²) < 4.78 is 5.19. The van der Waals surface area contributed by atoms with Crippen molar-refractivity contribution in [2.24, 2.45) is 0 Å². The van der Waals surface area contributed by atoms with Gasteiger partial charge in [-0.1, -0.05) is 0 Å². The van der Waals surface area contributed by atoms with Gasteiger partial charge in [-0.15, -0.1) is 0 Å². The molecule has 0 spiro atoms. The molecule has 0 aromatic carbocycles. The minimum absolute atomic E-state index is 0.151. The molecule has 0 unspecified atom stereocenters. The van der Waals surface area contributed by atoms with Crippen molar-refractivity contribution in [3.05, 3.63) is 23.5 Å². The van der Waals surface area contributed by atoms with Crippen LogP contribution in [-0.2, 0) is 4.79 Å². The average Bonchev–Trinajstić information content (AvgIpc) is 2.27. The molecule has 0 bridgehead atoms. The molecule has 0 fully saturated rings. The number of rotatable bonds is 1. The molecular weight excluding hydrogens is 184 g/mol. The van der Waals surface area contributed by atoms with Gasteiger partial charge in [0.1, 0.15) is 23.9 Å². The van der Waals surface area contributed by atoms with E-state index in [-0.39, 0.29) is 18.0 Å². The van der Waals surface area contributed by atoms with Crippen LogP contribution in [0.2, 0.25) is 0 Å². The molecule has 2 heterocycles. The first-order valence-electron chi connectivity index (χ1n) is 3.93. The molecule has 5 heteroatoms. The SMILES string of the molecule is O=C=C1COc2ccc(C=O)nc2N1. The molecule has 0 amide bonds. The Morgan fingerprint density at radius 3 is 3.14 bits per heavy atom. The summed E-state index contributed by atoms with van der Waals surface area (Å²) in [5.41, 5.74) is 0.556. The molecule has 0 aliphatic carbocycles. The molecule has 0 radical (unpaired) electrons. The van der Waals surface area contributed by atoms with E-state index in [1.165, 1.54) is 0 Å². The molecule has 14 heavy (non-hydrogen) atoms. The molecule has 70 valence electrons. The summed E-state index contributed by atoms with van der Waals surface area (Å²) in [5, 5.41) is 2.72. The Bertz CT molecular complexity index is 436. The molecule has 0 saturated heterocycles. The van der Waals surface area contributed by atoms with Crippen LogP contribution in [0.4, 0.5) is 5.82 Å². The minimum atomic E-state index is 0.151. The van der Waals surface area contributed by atoms with E-state index < -0.39 is 0 Å². The van der Waals surface area contributed by atoms with Crippen LogP contribution in [0, 0.1) is 0 Å². The van der Waals surface area contributed by atoms with Crippen LogP contribution >= 0.6 is 0 Å². The van der Waals surface area contributed by atoms with Gasteiger partial charge in [-0.25, -0.2) is 9.78 Å². The second kappa shape index (κ2) is 3.32. The van der Waals surface area contributed by atoms with Crippen molar-refractivity contribution in [3.63, 3.8) is 0 Å². The van der Waals surface area contributed by atoms with Gasteiger partial charge in [0.25, 0.3) is 0 Å². The van der Waals surface area contributed by atoms with Crippen LogP contribution in [0.15, 0.2) is 17.8 Å². The van der Waals surface area contributed by atoms with Crippen LogP contribution in [-0.4, -0.2) is 23.8 Å². The Hall–Kier alpha value is -2.13. The summed E-state index contributed by atoms with van der Waals surface area (Å²) in [4.78, 5) is 24.7. The maximum absolute atomic E-state index is 10.4. The number of fused-ring (bicyclic) bond motifs is 1. The van der Waals surface area contributed by atoms with Crippen molar-refractivity contribution in [2.75, 3.05) is 11.9 Å². The van der Waals surface area contributed by atoms with Crippen LogP contribution in [0.5, 0.6) is 5.75 Å². The van der Waals surface area contributed by atoms with Crippen molar-refractivity contribution in [1.29, 1.82) is 0 Å². The largest absolute Gasteiger partial charge is 0.483 e. The van der Waals surface area contributed by atoms with Crippen LogP contribution in [0.1, 0.15) is 10.5 Å². The second-order valence-electron chi connectivity index (χ2n) is 2.70. The number of nitrogens with one attached hydrogen (secondary N) is 1. The summed E-state index contributed by atoms with van der Waals surface area (Å²) in [6, 6.07) is 3.17. The molecule has 2 rings (SSSR count). The molecule has 0 saturated carbocycles. The first-order valence-corrected chi connectivity index (χ1v) is 3.93. The predicted octanol–water partition coefficient (Wildman–Crippen LogP) is 0.414. The standard InChI is InChI=1S/C9H6N2O3/c12-3-6-1-2-8-9(10-6)11-7(4-13)5-14-8/h1-3H,5H2,(H,10,11). The van der Waals surface area contributed by atoms with Crippen molar-refractivity contribution in [1.82, 2.24) is 4.98 Å². The molecule has 5 nitrogen and oxygen atoms in total. The van der Waals surface area contributed by atoms with E-state index in [9.17, 15) is 9.59 Å². The number of carbonyl (C=O) groups excluding carboxylic acids is 2. The highest BCUT2D eigenvalue weighted by molar-refractivity contribution is 5.75. The quantitative estimate of drug-likeness (QED) is 0.513. The van der Waals surface area contributed by atoms with E-state index in [4.69, 9.17) is 4.74 Å². The highest BCUT2D eigenvalue weighted by Crippen LogP contribution is 2.26. The van der Waals surface area contributed by atoms with Crippen LogP contribution < -0.4 is 10.1 Å². The van der Waals surface area contributed by atoms with Gasteiger partial charge in [0.2, 0.25) is 0 Å². The zero-order chi connectivity index (χ0) is 9.97. The molecule has 1 aliphatic rings. The molecule has 1 N–H and O–H groups in total. The van der Waals surface area contributed by atoms with Crippen LogP contribution in [0.25, 0.3) is 0 Å². The topological polar surface area (TPSA) is 68.3 Å². The number of anilines is 1. The summed E-state index contributed by atoms with van der Waals surface area (Å²) in [7, 11) is 0. The van der Waals surface area contributed by atoms with E-state index in [0.717, 1.165) is 0 Å². The maximum atomic E-state index is 10.4. The molecule has 0 atom stereocenters. The van der Waals surface area contributed by atoms with Crippen molar-refractivity contribution >= 4 is 18.0 Å². The predicted molar refractivity (Wildman–Crippen MR) is 47.9 cm³/mol. The highest BCUT2D eigenvalue weighted by atomic mass is 16.5. The zero-order valence-electron chi connectivity index (χ0n) is 7.11. The number of hydrogen-bond donors (Lipinski definition) is 1. The normalized spacial score (nSPS) is 13.3. The third-order valence-electron chi connectivity index (χ3n) is 1.77. The summed E-state index contributed by atoms with van der Waals surface area (Å²) in [6.45, 7) is 0.151. The van der Waals surface area contributed by atoms with Gasteiger partial charge in [-0.05, 0) is 12.1 Å². The fourth-order valence-electron chi connectivity index (χ4n) is 1.12. The minimum Gasteiger partial charge on any atom is -0.483 e. The first kappa shape index (κ1) is 8.47. The van der Waals surface area contributed by atoms with Crippen LogP contribution in [0.3, 0.4) is 0 Å². The first-order chi connectivity index (χ1) is 6.83. The zero-order valence-corrected chi connectivity index (χ0v) is 7.11. The summed E-state index contributed by atoms with van der Waals surface area (Å²) in [5.74, 6) is 2.58. The Morgan fingerprint density at radius 1 is 1.57 bits per heavy atom. The van der Waals surface area contributed by atoms with E-state index in [0.29, 0.717) is 17.9 Å². The number of nitrogens with zero attached hydrogens (tertiary/aromatic N) is 1. The molecule has 1 aromatic rings. The maximum Gasteiger partial charge on any atom is 0.174 e. The highest BCUT2D eigenvalue weighted by Gasteiger charge is 2.15. The Kier molecular flexibility index (Phi) is 2.01. The number of hydrogen-bond acceptors (Lipinski definition) is 5. The number of pyridine rings is 1. The summed E-state index contributed by atoms with van der Waals surface area (Å²) in [6.07, 6.45) is 0.626. The third kappa shape index (κ3) is 1.36. The van der Waals surface area contributed by atoms with Crippen molar-refractivity contribution < 1.29 is 14.3 Å². The van der Waals surface area contributed by atoms with E-state index in [1.54, 1.807) is 18.1 Å². The number of aldehydes is 1. The Balaban J connectivity index is 2.43. The smallest absolute Gasteiger partial charge is 0.174 e. The number of carbonyl (C=O) groups is 1. The molecule has 1 aromatic heterocycles. The van der Waals surface area contributed by atoms with Gasteiger partial charge in [0.05, 0.1) is 0 Å². The number of aromatic nitrogens is 1. The lowest BCUT2D eigenvalue weighted by Gasteiger charge is -2.18. The second-order valence-corrected chi connectivity index (χ2v) is 2.70. The Labute approximate surface area is 79.4 Å². The monoisotopic (exact) mass is 190 g/mol. The Morgan fingerprint density at radius 2 is 2.43 bits per heavy atom. The van der Waals surface area contributed by atoms with E-state index in [2.05, 4.69) is 10.3 Å². The lowest BCUT2D eigenvalue weighted by Crippen LogP contribution is -2.18. The van der Waals surface area contributed by atoms with E-state index >= 15 is 0 Å². The van der Waals surface area contributed by atoms with E-state index in [1.807, 2.05) is 0 Å². The fourth-order valence-corrected chi connectivity index (χ4v) is 1.12. The van der Waals surface area contributed by atoms with Crippen molar-refractivity contribution in [2.45, 2.75) is 0 Å². The summed E-state index contributed by atoms with van der Waals surface area (Å²) >= 11 is 0. The fraction of sp³-hybridized carbons (Fsp3) is 0.111. The molecular formula is C9H6N2O3. The van der Waals surface area contributed by atoms with Gasteiger partial charge in [-0.3, -0.25) is 4.79 Å².